The third kappa shape index (κ3) is 9.90. The van der Waals surface area contributed by atoms with Crippen molar-refractivity contribution in [1.82, 2.24) is 28.3 Å². The van der Waals surface area contributed by atoms with E-state index in [2.05, 4.69) is 23.6 Å². The topological polar surface area (TPSA) is 151 Å². The fourth-order valence-corrected chi connectivity index (χ4v) is 12.0. The highest BCUT2D eigenvalue weighted by Crippen LogP contribution is 2.45. The average Bonchev–Trinajstić information content (AvgIpc) is 4.06. The second-order valence-electron chi connectivity index (χ2n) is 21.3. The molecule has 0 radical (unpaired) electrons. The van der Waals surface area contributed by atoms with Gasteiger partial charge in [-0.15, -0.1) is 0 Å². The van der Waals surface area contributed by atoms with Crippen LogP contribution in [0, 0.1) is 12.7 Å². The predicted molar refractivity (Wildman–Crippen MR) is 274 cm³/mol. The molecule has 72 heavy (non-hydrogen) atoms. The summed E-state index contributed by atoms with van der Waals surface area (Å²) in [5.74, 6) is 0.140. The second kappa shape index (κ2) is 19.6. The highest BCUT2D eigenvalue weighted by Gasteiger charge is 2.46. The van der Waals surface area contributed by atoms with E-state index >= 15 is 0 Å². The molecule has 6 heterocycles. The second-order valence-corrected chi connectivity index (χ2v) is 23.1. The molecule has 3 aromatic carbocycles. The predicted octanol–water partition coefficient (Wildman–Crippen LogP) is 8.90. The van der Waals surface area contributed by atoms with Crippen LogP contribution in [-0.4, -0.2) is 118 Å². The van der Waals surface area contributed by atoms with Crippen molar-refractivity contribution >= 4 is 43.9 Å². The number of rotatable bonds is 12. The van der Waals surface area contributed by atoms with Crippen LogP contribution in [0.3, 0.4) is 0 Å². The molecule has 382 valence electrons. The lowest BCUT2D eigenvalue weighted by atomic mass is 9.87. The van der Waals surface area contributed by atoms with Crippen LogP contribution in [0.25, 0.3) is 32.9 Å². The summed E-state index contributed by atoms with van der Waals surface area (Å²) in [6, 6.07) is 20.8. The van der Waals surface area contributed by atoms with E-state index in [9.17, 15) is 22.4 Å². The number of nitrogens with zero attached hydrogens (tertiary/aromatic N) is 7. The Labute approximate surface area is 420 Å². The number of hydrogen-bond donors (Lipinski definition) is 0. The first kappa shape index (κ1) is 49.8. The number of carbonyl (C=O) groups is 1. The van der Waals surface area contributed by atoms with E-state index in [4.69, 9.17) is 28.9 Å². The Morgan fingerprint density at radius 3 is 2.29 bits per heavy atom. The molecule has 2 unspecified atom stereocenters. The minimum absolute atomic E-state index is 0.0129. The van der Waals surface area contributed by atoms with Gasteiger partial charge in [-0.2, -0.15) is 0 Å². The minimum Gasteiger partial charge on any atom is -0.444 e. The largest absolute Gasteiger partial charge is 0.444 e. The number of hydrogen-bond acceptors (Lipinski definition) is 12. The number of amides is 1. The van der Waals surface area contributed by atoms with Crippen LogP contribution in [-0.2, 0) is 41.6 Å². The number of carbonyl (C=O) groups excluding carboxylic acids is 1. The van der Waals surface area contributed by atoms with E-state index in [1.807, 2.05) is 50.8 Å². The molecule has 1 aliphatic carbocycles. The van der Waals surface area contributed by atoms with Gasteiger partial charge in [-0.25, -0.2) is 31.5 Å². The van der Waals surface area contributed by atoms with Gasteiger partial charge in [0.2, 0.25) is 5.95 Å². The maximum atomic E-state index is 14.9. The molecule has 1 amide bonds. The van der Waals surface area contributed by atoms with Gasteiger partial charge in [0.1, 0.15) is 16.9 Å². The van der Waals surface area contributed by atoms with Crippen LogP contribution >= 0.6 is 0 Å². The molecule has 0 bridgehead atoms. The summed E-state index contributed by atoms with van der Waals surface area (Å²) in [4.78, 5) is 44.7. The van der Waals surface area contributed by atoms with E-state index < -0.39 is 33.1 Å². The summed E-state index contributed by atoms with van der Waals surface area (Å²) in [5, 5.41) is 1.12. The number of anilines is 1. The van der Waals surface area contributed by atoms with Gasteiger partial charge < -0.3 is 33.3 Å². The number of ether oxygens (including phenoxy) is 4. The average molecular weight is 1000 g/mol. The highest BCUT2D eigenvalue weighted by atomic mass is 32.2. The Kier molecular flexibility index (Phi) is 13.6. The lowest BCUT2D eigenvalue weighted by Gasteiger charge is -2.49. The molecule has 10 rings (SSSR count). The van der Waals surface area contributed by atoms with Crippen molar-refractivity contribution in [2.75, 3.05) is 44.3 Å². The Morgan fingerprint density at radius 2 is 1.61 bits per heavy atom. The quantitative estimate of drug-likeness (QED) is 0.115. The number of benzene rings is 3. The summed E-state index contributed by atoms with van der Waals surface area (Å²) in [6.07, 6.45) is 8.28. The van der Waals surface area contributed by atoms with Crippen LogP contribution in [0.5, 0.6) is 0 Å². The molecule has 1 saturated carbocycles. The molecule has 3 aliphatic heterocycles. The fourth-order valence-electron chi connectivity index (χ4n) is 10.6. The zero-order chi connectivity index (χ0) is 50.7. The Bertz CT molecular complexity index is 3140. The summed E-state index contributed by atoms with van der Waals surface area (Å²) in [5.41, 5.74) is 1.71. The summed E-state index contributed by atoms with van der Waals surface area (Å²) in [6.45, 7) is 15.1. The number of aromatic nitrogens is 4. The Morgan fingerprint density at radius 1 is 0.875 bits per heavy atom. The van der Waals surface area contributed by atoms with Crippen molar-refractivity contribution in [1.29, 1.82) is 0 Å². The van der Waals surface area contributed by atoms with Crippen molar-refractivity contribution in [3.63, 3.8) is 0 Å². The van der Waals surface area contributed by atoms with Crippen LogP contribution in [0.1, 0.15) is 96.4 Å². The zero-order valence-electron chi connectivity index (χ0n) is 42.3. The number of halogens is 1. The first-order valence-electron chi connectivity index (χ1n) is 25.4. The van der Waals surface area contributed by atoms with Gasteiger partial charge in [-0.3, -0.25) is 9.69 Å². The highest BCUT2D eigenvalue weighted by molar-refractivity contribution is 7.90. The molecule has 4 fully saturated rings. The van der Waals surface area contributed by atoms with E-state index in [-0.39, 0.29) is 53.2 Å². The van der Waals surface area contributed by atoms with Crippen LogP contribution in [0.4, 0.5) is 15.1 Å². The van der Waals surface area contributed by atoms with Crippen LogP contribution in [0.15, 0.2) is 94.9 Å². The van der Waals surface area contributed by atoms with Gasteiger partial charge in [0.25, 0.3) is 15.6 Å². The standard InChI is InChI=1S/C55H66FN7O8S/c1-35-11-20-43(21-12-35)72(66,67)63-28-25-44-46(33-59(7)51(64)49(44)63)38-13-22-47-45(30-38)50(55(70-42-18-19-42,39-14-16-40(56)17-15-39)34-69-48-10-8-9-29-68-48)58-52(57-47)60-26-23-41(24-27-60)61-31-37(3)62(32-36(61)2)53(65)71-54(4,5)6/h11-17,20-22,25,28,30,33,36-37,41-42,48H,8-10,18-19,23-24,26-27,29,31-32,34H2,1-7H3/t36-,37+,48?,55?/m0/s1. The van der Waals surface area contributed by atoms with Gasteiger partial charge in [-0.05, 0) is 140 Å². The van der Waals surface area contributed by atoms with E-state index in [1.54, 1.807) is 55.7 Å². The van der Waals surface area contributed by atoms with Crippen molar-refractivity contribution in [2.45, 2.75) is 133 Å². The molecule has 4 atom stereocenters. The van der Waals surface area contributed by atoms with E-state index in [0.29, 0.717) is 77.3 Å². The van der Waals surface area contributed by atoms with Gasteiger partial charge >= 0.3 is 6.09 Å². The van der Waals surface area contributed by atoms with Crippen LogP contribution < -0.4 is 10.5 Å². The minimum atomic E-state index is -4.15. The molecule has 17 heteroatoms. The third-order valence-corrected chi connectivity index (χ3v) is 16.3. The summed E-state index contributed by atoms with van der Waals surface area (Å²) < 4.78 is 71.6. The van der Waals surface area contributed by atoms with Crippen molar-refractivity contribution in [3.05, 3.63) is 118 Å². The zero-order valence-corrected chi connectivity index (χ0v) is 43.2. The maximum Gasteiger partial charge on any atom is 0.410 e. The molecule has 0 N–H and O–H groups in total. The van der Waals surface area contributed by atoms with E-state index in [0.717, 1.165) is 54.6 Å². The molecule has 4 aliphatic rings. The number of piperidine rings is 1. The number of aryl methyl sites for hydroxylation is 2. The number of piperazine rings is 1. The van der Waals surface area contributed by atoms with Gasteiger partial charge in [0.15, 0.2) is 11.9 Å². The first-order chi connectivity index (χ1) is 34.4. The molecule has 15 nitrogen and oxygen atoms in total. The lowest BCUT2D eigenvalue weighted by molar-refractivity contribution is -0.197. The number of pyridine rings is 1. The summed E-state index contributed by atoms with van der Waals surface area (Å²) in [7, 11) is -2.53. The first-order valence-corrected chi connectivity index (χ1v) is 26.9. The molecule has 3 saturated heterocycles. The molecular formula is C55H66FN7O8S. The SMILES string of the molecule is Cc1ccc(S(=O)(=O)n2ccc3c(-c4ccc5nc(N6CCC(N7C[C@@H](C)N(C(=O)OC(C)(C)C)C[C@@H]7C)CC6)nc(C(COC6CCCCO6)(OC6CC6)c6ccc(F)cc6)c5c4)cn(C)c(=O)c32)cc1. The maximum absolute atomic E-state index is 14.9. The van der Waals surface area contributed by atoms with Crippen molar-refractivity contribution in [3.8, 4) is 11.1 Å². The molecule has 6 aromatic rings. The third-order valence-electron chi connectivity index (χ3n) is 14.6. The summed E-state index contributed by atoms with van der Waals surface area (Å²) >= 11 is 0. The molecule has 0 spiro atoms. The van der Waals surface area contributed by atoms with Crippen molar-refractivity contribution < 1.29 is 36.6 Å². The monoisotopic (exact) mass is 1000 g/mol. The molecular weight excluding hydrogens is 938 g/mol. The van der Waals surface area contributed by atoms with Crippen LogP contribution in [0.2, 0.25) is 0 Å². The normalized spacial score (nSPS) is 21.6. The van der Waals surface area contributed by atoms with Gasteiger partial charge in [-0.1, -0.05) is 35.9 Å². The van der Waals surface area contributed by atoms with Gasteiger partial charge in [0, 0.05) is 86.7 Å². The van der Waals surface area contributed by atoms with E-state index in [1.165, 1.54) is 22.9 Å². The van der Waals surface area contributed by atoms with Crippen molar-refractivity contribution in [2.24, 2.45) is 7.05 Å². The Balaban J connectivity index is 1.07. The molecule has 3 aromatic heterocycles. The smallest absolute Gasteiger partial charge is 0.410 e. The van der Waals surface area contributed by atoms with Gasteiger partial charge in [0.05, 0.1) is 28.8 Å². The lowest BCUT2D eigenvalue weighted by Crippen LogP contribution is -2.62. The fraction of sp³-hybridized carbons (Fsp3) is 0.491. The Hall–Kier alpha value is -5.72. The number of fused-ring (bicyclic) bond motifs is 2.